The van der Waals surface area contributed by atoms with E-state index in [0.29, 0.717) is 22.4 Å². The van der Waals surface area contributed by atoms with Gasteiger partial charge in [0.25, 0.3) is 5.91 Å². The second kappa shape index (κ2) is 6.19. The number of thiazole rings is 1. The van der Waals surface area contributed by atoms with Gasteiger partial charge in [0.15, 0.2) is 10.9 Å². The van der Waals surface area contributed by atoms with Gasteiger partial charge in [-0.2, -0.15) is 0 Å². The van der Waals surface area contributed by atoms with Gasteiger partial charge in [0.05, 0.1) is 12.8 Å². The molecule has 3 aromatic rings. The Morgan fingerprint density at radius 3 is 3.08 bits per heavy atom. The quantitative estimate of drug-likeness (QED) is 0.746. The molecule has 0 fully saturated rings. The zero-order chi connectivity index (χ0) is 17.6. The summed E-state index contributed by atoms with van der Waals surface area (Å²) in [6.07, 6.45) is 3.20. The third-order valence-electron chi connectivity index (χ3n) is 4.76. The number of carbonyl (C=O) groups excluding carboxylic acids is 1. The summed E-state index contributed by atoms with van der Waals surface area (Å²) in [6, 6.07) is 5.53. The highest BCUT2D eigenvalue weighted by Crippen LogP contribution is 2.33. The van der Waals surface area contributed by atoms with E-state index >= 15 is 0 Å². The number of fused-ring (bicyclic) bond motifs is 2. The van der Waals surface area contributed by atoms with Crippen LogP contribution in [0.25, 0.3) is 11.0 Å². The third-order valence-corrected chi connectivity index (χ3v) is 5.79. The number of furan rings is 1. The number of anilines is 1. The molecule has 130 valence electrons. The van der Waals surface area contributed by atoms with Crippen LogP contribution in [0.15, 0.2) is 22.6 Å². The van der Waals surface area contributed by atoms with Crippen LogP contribution in [0.5, 0.6) is 5.75 Å². The minimum atomic E-state index is -0.258. The molecule has 2 aromatic heterocycles. The number of amides is 1. The van der Waals surface area contributed by atoms with Gasteiger partial charge in [0.2, 0.25) is 0 Å². The van der Waals surface area contributed by atoms with Gasteiger partial charge in [0, 0.05) is 15.8 Å². The second-order valence-corrected chi connectivity index (χ2v) is 7.69. The van der Waals surface area contributed by atoms with Gasteiger partial charge in [-0.15, -0.1) is 11.3 Å². The Kier molecular flexibility index (Phi) is 4.00. The molecule has 1 N–H and O–H groups in total. The van der Waals surface area contributed by atoms with Crippen molar-refractivity contribution in [1.82, 2.24) is 4.98 Å². The molecule has 1 aliphatic carbocycles. The van der Waals surface area contributed by atoms with Gasteiger partial charge in [-0.3, -0.25) is 10.1 Å². The summed E-state index contributed by atoms with van der Waals surface area (Å²) < 4.78 is 11.0. The molecule has 25 heavy (non-hydrogen) atoms. The van der Waals surface area contributed by atoms with Crippen molar-refractivity contribution in [3.05, 3.63) is 40.1 Å². The Balaban J connectivity index is 1.61. The predicted octanol–water partition coefficient (Wildman–Crippen LogP) is 4.58. The van der Waals surface area contributed by atoms with Gasteiger partial charge in [-0.05, 0) is 50.3 Å². The van der Waals surface area contributed by atoms with Crippen molar-refractivity contribution in [2.45, 2.75) is 33.1 Å². The summed E-state index contributed by atoms with van der Waals surface area (Å²) in [7, 11) is 1.62. The molecule has 0 unspecified atom stereocenters. The molecule has 6 heteroatoms. The lowest BCUT2D eigenvalue weighted by molar-refractivity contribution is 0.0998. The van der Waals surface area contributed by atoms with Crippen LogP contribution < -0.4 is 10.1 Å². The van der Waals surface area contributed by atoms with Crippen molar-refractivity contribution in [2.75, 3.05) is 12.4 Å². The molecule has 1 aliphatic rings. The Labute approximate surface area is 150 Å². The lowest BCUT2D eigenvalue weighted by Gasteiger charge is -2.15. The number of hydrogen-bond acceptors (Lipinski definition) is 5. The number of ether oxygens (including phenoxy) is 1. The van der Waals surface area contributed by atoms with Gasteiger partial charge < -0.3 is 9.15 Å². The molecule has 0 saturated heterocycles. The minimum Gasteiger partial charge on any atom is -0.497 e. The second-order valence-electron chi connectivity index (χ2n) is 6.61. The predicted molar refractivity (Wildman–Crippen MR) is 98.8 cm³/mol. The topological polar surface area (TPSA) is 64.4 Å². The lowest BCUT2D eigenvalue weighted by atomic mass is 9.93. The zero-order valence-corrected chi connectivity index (χ0v) is 15.3. The molecule has 1 amide bonds. The third kappa shape index (κ3) is 2.91. The fraction of sp³-hybridized carbons (Fsp3) is 0.368. The maximum absolute atomic E-state index is 12.7. The van der Waals surface area contributed by atoms with E-state index in [0.717, 1.165) is 41.7 Å². The van der Waals surface area contributed by atoms with E-state index < -0.39 is 0 Å². The smallest absolute Gasteiger partial charge is 0.293 e. The largest absolute Gasteiger partial charge is 0.497 e. The SMILES string of the molecule is COc1ccc2oc(C(=O)Nc3nc4c(s3)C[C@@H](C)CC4)c(C)c2c1. The zero-order valence-electron chi connectivity index (χ0n) is 14.5. The average molecular weight is 356 g/mol. The first-order valence-corrected chi connectivity index (χ1v) is 9.24. The normalized spacial score (nSPS) is 16.7. The van der Waals surface area contributed by atoms with E-state index in [2.05, 4.69) is 17.2 Å². The monoisotopic (exact) mass is 356 g/mol. The number of benzene rings is 1. The molecule has 0 bridgehead atoms. The number of hydrogen-bond donors (Lipinski definition) is 1. The Hall–Kier alpha value is -2.34. The van der Waals surface area contributed by atoms with Crippen LogP contribution in [-0.4, -0.2) is 18.0 Å². The number of methoxy groups -OCH3 is 1. The number of aryl methyl sites for hydroxylation is 2. The van der Waals surface area contributed by atoms with E-state index in [-0.39, 0.29) is 5.91 Å². The summed E-state index contributed by atoms with van der Waals surface area (Å²) in [5, 5.41) is 4.44. The van der Waals surface area contributed by atoms with E-state index in [9.17, 15) is 4.79 Å². The molecule has 0 radical (unpaired) electrons. The average Bonchev–Trinajstić information content (AvgIpc) is 3.14. The summed E-state index contributed by atoms with van der Waals surface area (Å²) in [6.45, 7) is 4.14. The Morgan fingerprint density at radius 1 is 1.44 bits per heavy atom. The van der Waals surface area contributed by atoms with Crippen LogP contribution >= 0.6 is 11.3 Å². The summed E-state index contributed by atoms with van der Waals surface area (Å²) in [5.41, 5.74) is 2.61. The maximum atomic E-state index is 12.7. The van der Waals surface area contributed by atoms with Crippen molar-refractivity contribution in [3.63, 3.8) is 0 Å². The number of carbonyl (C=O) groups is 1. The van der Waals surface area contributed by atoms with Crippen LogP contribution in [0.2, 0.25) is 0 Å². The highest BCUT2D eigenvalue weighted by molar-refractivity contribution is 7.15. The van der Waals surface area contributed by atoms with Gasteiger partial charge in [-0.1, -0.05) is 6.92 Å². The van der Waals surface area contributed by atoms with E-state index in [1.165, 1.54) is 4.88 Å². The van der Waals surface area contributed by atoms with E-state index in [4.69, 9.17) is 9.15 Å². The maximum Gasteiger partial charge on any atom is 0.293 e. The number of nitrogens with zero attached hydrogens (tertiary/aromatic N) is 1. The van der Waals surface area contributed by atoms with Gasteiger partial charge in [-0.25, -0.2) is 4.98 Å². The highest BCUT2D eigenvalue weighted by atomic mass is 32.1. The Bertz CT molecular complexity index is 957. The molecule has 1 atom stereocenters. The molecular formula is C19H20N2O3S. The van der Waals surface area contributed by atoms with Crippen LogP contribution in [0.3, 0.4) is 0 Å². The molecule has 0 aliphatic heterocycles. The molecule has 5 nitrogen and oxygen atoms in total. The van der Waals surface area contributed by atoms with Crippen LogP contribution in [0.4, 0.5) is 5.13 Å². The van der Waals surface area contributed by atoms with Gasteiger partial charge >= 0.3 is 0 Å². The molecule has 1 aromatic carbocycles. The van der Waals surface area contributed by atoms with E-state index in [1.807, 2.05) is 25.1 Å². The van der Waals surface area contributed by atoms with Crippen LogP contribution in [-0.2, 0) is 12.8 Å². The van der Waals surface area contributed by atoms with Crippen molar-refractivity contribution < 1.29 is 13.9 Å². The molecule has 2 heterocycles. The van der Waals surface area contributed by atoms with Crippen molar-refractivity contribution in [2.24, 2.45) is 5.92 Å². The van der Waals surface area contributed by atoms with Crippen molar-refractivity contribution in [1.29, 1.82) is 0 Å². The first-order chi connectivity index (χ1) is 12.0. The highest BCUT2D eigenvalue weighted by Gasteiger charge is 2.23. The van der Waals surface area contributed by atoms with E-state index in [1.54, 1.807) is 18.4 Å². The number of nitrogens with one attached hydrogen (secondary N) is 1. The van der Waals surface area contributed by atoms with Crippen LogP contribution in [0.1, 0.15) is 40.0 Å². The number of rotatable bonds is 3. The molecule has 0 spiro atoms. The van der Waals surface area contributed by atoms with Crippen LogP contribution in [0, 0.1) is 12.8 Å². The first-order valence-electron chi connectivity index (χ1n) is 8.42. The fourth-order valence-corrected chi connectivity index (χ4v) is 4.46. The molecule has 4 rings (SSSR count). The molecule has 0 saturated carbocycles. The lowest BCUT2D eigenvalue weighted by Crippen LogP contribution is -2.12. The number of aromatic nitrogens is 1. The first kappa shape index (κ1) is 16.1. The Morgan fingerprint density at radius 2 is 2.28 bits per heavy atom. The fourth-order valence-electron chi connectivity index (χ4n) is 3.29. The van der Waals surface area contributed by atoms with Gasteiger partial charge in [0.1, 0.15) is 11.3 Å². The van der Waals surface area contributed by atoms with Crippen molar-refractivity contribution in [3.8, 4) is 5.75 Å². The molecular weight excluding hydrogens is 336 g/mol. The summed E-state index contributed by atoms with van der Waals surface area (Å²) in [4.78, 5) is 18.5. The van der Waals surface area contributed by atoms with Crippen molar-refractivity contribution >= 4 is 33.3 Å². The summed E-state index contributed by atoms with van der Waals surface area (Å²) in [5.74, 6) is 1.49. The summed E-state index contributed by atoms with van der Waals surface area (Å²) >= 11 is 1.58. The minimum absolute atomic E-state index is 0.258. The standard InChI is InChI=1S/C19H20N2O3S/c1-10-4-6-14-16(8-10)25-19(20-14)21-18(22)17-11(2)13-9-12(23-3)5-7-15(13)24-17/h5,7,9-10H,4,6,8H2,1-3H3,(H,20,21,22)/t10-/m0/s1.